The van der Waals surface area contributed by atoms with Gasteiger partial charge >= 0.3 is 0 Å². The summed E-state index contributed by atoms with van der Waals surface area (Å²) in [4.78, 5) is 12.5. The molecule has 5 nitrogen and oxygen atoms in total. The maximum atomic E-state index is 6.64. The lowest BCUT2D eigenvalue weighted by molar-refractivity contribution is 0.0908. The van der Waals surface area contributed by atoms with Gasteiger partial charge in [-0.3, -0.25) is 9.80 Å². The number of ether oxygens (including phenoxy) is 1. The summed E-state index contributed by atoms with van der Waals surface area (Å²) in [6, 6.07) is 16.0. The smallest absolute Gasteiger partial charge is 0.167 e. The average Bonchev–Trinajstić information content (AvgIpc) is 3.45. The fraction of sp³-hybridized carbons (Fsp3) is 0.379. The molecular weight excluding hydrogens is 511 g/mol. The monoisotopic (exact) mass is 543 g/mol. The van der Waals surface area contributed by atoms with Crippen LogP contribution in [0.1, 0.15) is 20.3 Å². The highest BCUT2D eigenvalue weighted by atomic mass is 79.9. The Morgan fingerprint density at radius 3 is 2.25 bits per heavy atom. The highest BCUT2D eigenvalue weighted by Crippen LogP contribution is 2.41. The van der Waals surface area contributed by atoms with Crippen LogP contribution in [0.2, 0.25) is 6.82 Å². The second kappa shape index (κ2) is 9.77. The number of halogens is 1. The number of hydrogen-bond acceptors (Lipinski definition) is 3. The van der Waals surface area contributed by atoms with E-state index >= 15 is 0 Å². The molecule has 3 heterocycles. The van der Waals surface area contributed by atoms with Gasteiger partial charge in [0.05, 0.1) is 11.0 Å². The number of aromatic nitrogens is 2. The Morgan fingerprint density at radius 2 is 1.58 bits per heavy atom. The molecule has 6 rings (SSSR count). The Kier molecular flexibility index (Phi) is 6.48. The van der Waals surface area contributed by atoms with Crippen LogP contribution in [-0.4, -0.2) is 72.4 Å². The molecule has 0 bridgehead atoms. The van der Waals surface area contributed by atoms with Crippen LogP contribution >= 0.6 is 15.9 Å². The van der Waals surface area contributed by atoms with Gasteiger partial charge in [0.15, 0.2) is 5.75 Å². The molecule has 1 radical (unpaired) electrons. The zero-order valence-corrected chi connectivity index (χ0v) is 22.9. The van der Waals surface area contributed by atoms with E-state index in [4.69, 9.17) is 4.74 Å². The van der Waals surface area contributed by atoms with Crippen LogP contribution in [0.5, 0.6) is 5.75 Å². The first-order valence-electron chi connectivity index (χ1n) is 13.1. The molecule has 1 saturated heterocycles. The second-order valence-electron chi connectivity index (χ2n) is 10.1. The van der Waals surface area contributed by atoms with Crippen molar-refractivity contribution in [2.45, 2.75) is 33.1 Å². The minimum Gasteiger partial charge on any atom is -0.488 e. The van der Waals surface area contributed by atoms with E-state index in [1.165, 1.54) is 33.4 Å². The third-order valence-electron chi connectivity index (χ3n) is 8.01. The highest BCUT2D eigenvalue weighted by molar-refractivity contribution is 9.10. The zero-order valence-electron chi connectivity index (χ0n) is 21.3. The van der Waals surface area contributed by atoms with Gasteiger partial charge in [-0.2, -0.15) is 0 Å². The predicted octanol–water partition coefficient (Wildman–Crippen LogP) is 5.89. The van der Waals surface area contributed by atoms with E-state index in [1.54, 1.807) is 0 Å². The van der Waals surface area contributed by atoms with Gasteiger partial charge in [-0.15, -0.1) is 0 Å². The first-order chi connectivity index (χ1) is 17.6. The Balaban J connectivity index is 1.36. The van der Waals surface area contributed by atoms with E-state index in [1.807, 2.05) is 0 Å². The summed E-state index contributed by atoms with van der Waals surface area (Å²) in [5, 5.41) is 4.85. The lowest BCUT2D eigenvalue weighted by atomic mass is 9.73. The summed E-state index contributed by atoms with van der Waals surface area (Å²) in [5.74, 6) is 0.922. The SMILES string of the molecule is C[B]c1ccc2[nH]c3c(OCCN4CCN(C(C)CC)CC4)c4[nH]c5ccc(Br)cc5c4cc3c2c1. The third-order valence-corrected chi connectivity index (χ3v) is 8.51. The van der Waals surface area contributed by atoms with E-state index in [9.17, 15) is 0 Å². The summed E-state index contributed by atoms with van der Waals surface area (Å²) in [5.41, 5.74) is 5.62. The van der Waals surface area contributed by atoms with E-state index < -0.39 is 0 Å². The molecule has 1 unspecified atom stereocenters. The lowest BCUT2D eigenvalue weighted by Gasteiger charge is -2.37. The second-order valence-corrected chi connectivity index (χ2v) is 11.0. The molecule has 7 heteroatoms. The van der Waals surface area contributed by atoms with E-state index in [0.717, 1.165) is 65.0 Å². The topological polar surface area (TPSA) is 47.3 Å². The van der Waals surface area contributed by atoms with Crippen LogP contribution < -0.4 is 10.2 Å². The molecule has 0 spiro atoms. The third kappa shape index (κ3) is 4.21. The number of nitrogens with one attached hydrogen (secondary N) is 2. The number of rotatable bonds is 7. The number of aromatic amines is 2. The Bertz CT molecular complexity index is 1550. The van der Waals surface area contributed by atoms with Crippen LogP contribution in [0.3, 0.4) is 0 Å². The molecule has 0 saturated carbocycles. The fourth-order valence-corrected chi connectivity index (χ4v) is 5.99. The van der Waals surface area contributed by atoms with Crippen LogP contribution in [0.4, 0.5) is 0 Å². The lowest BCUT2D eigenvalue weighted by Crippen LogP contribution is -2.50. The first-order valence-corrected chi connectivity index (χ1v) is 13.9. The van der Waals surface area contributed by atoms with E-state index in [-0.39, 0.29) is 0 Å². The van der Waals surface area contributed by atoms with E-state index in [0.29, 0.717) is 12.6 Å². The molecule has 0 amide bonds. The maximum absolute atomic E-state index is 6.64. The Hall–Kier alpha value is -2.48. The minimum absolute atomic E-state index is 0.667. The molecule has 2 aromatic heterocycles. The van der Waals surface area contributed by atoms with Gasteiger partial charge < -0.3 is 14.7 Å². The van der Waals surface area contributed by atoms with Gasteiger partial charge in [0.2, 0.25) is 0 Å². The highest BCUT2D eigenvalue weighted by Gasteiger charge is 2.21. The average molecular weight is 544 g/mol. The molecule has 3 aromatic carbocycles. The van der Waals surface area contributed by atoms with Crippen molar-refractivity contribution < 1.29 is 4.74 Å². The summed E-state index contributed by atoms with van der Waals surface area (Å²) in [7, 11) is 2.15. The van der Waals surface area contributed by atoms with Crippen LogP contribution in [0, 0.1) is 0 Å². The van der Waals surface area contributed by atoms with Gasteiger partial charge in [-0.25, -0.2) is 0 Å². The Morgan fingerprint density at radius 1 is 0.917 bits per heavy atom. The first kappa shape index (κ1) is 23.9. The van der Waals surface area contributed by atoms with Crippen molar-refractivity contribution in [1.82, 2.24) is 19.8 Å². The number of piperazine rings is 1. The molecule has 1 aliphatic heterocycles. The molecule has 36 heavy (non-hydrogen) atoms. The number of nitrogens with zero attached hydrogens (tertiary/aromatic N) is 2. The minimum atomic E-state index is 0.667. The molecular formula is C29H33BBrN4O. The number of benzene rings is 3. The standard InChI is InChI=1S/C29H33BBrN4O/c1-4-18(2)35-11-9-34(10-12-35)13-14-36-29-27-23(21-15-19(30-3)5-7-25(21)32-27)17-24-22-16-20(31)6-8-26(22)33-28(24)29/h5-8,15-18,32-33H,4,9-14H2,1-3H3. The maximum Gasteiger partial charge on any atom is 0.167 e. The van der Waals surface area contributed by atoms with Crippen molar-refractivity contribution in [2.24, 2.45) is 0 Å². The largest absolute Gasteiger partial charge is 0.488 e. The summed E-state index contributed by atoms with van der Waals surface area (Å²) in [6.45, 7) is 12.8. The van der Waals surface area contributed by atoms with Gasteiger partial charge in [0.1, 0.15) is 13.9 Å². The van der Waals surface area contributed by atoms with Crippen molar-refractivity contribution in [3.05, 3.63) is 46.9 Å². The van der Waals surface area contributed by atoms with Gasteiger partial charge in [0.25, 0.3) is 0 Å². The van der Waals surface area contributed by atoms with Gasteiger partial charge in [0, 0.05) is 75.8 Å². The Labute approximate surface area is 221 Å². The van der Waals surface area contributed by atoms with Gasteiger partial charge in [-0.05, 0) is 43.7 Å². The summed E-state index contributed by atoms with van der Waals surface area (Å²) < 4.78 is 7.72. The normalized spacial score (nSPS) is 16.4. The van der Waals surface area contributed by atoms with Crippen molar-refractivity contribution in [2.75, 3.05) is 39.3 Å². The van der Waals surface area contributed by atoms with Crippen molar-refractivity contribution in [3.63, 3.8) is 0 Å². The predicted molar refractivity (Wildman–Crippen MR) is 157 cm³/mol. The quantitative estimate of drug-likeness (QED) is 0.251. The molecule has 1 atom stereocenters. The summed E-state index contributed by atoms with van der Waals surface area (Å²) >= 11 is 3.66. The van der Waals surface area contributed by atoms with Crippen molar-refractivity contribution >= 4 is 72.3 Å². The number of hydrogen-bond donors (Lipinski definition) is 2. The van der Waals surface area contributed by atoms with Crippen LogP contribution in [0.15, 0.2) is 46.9 Å². The van der Waals surface area contributed by atoms with Gasteiger partial charge in [-0.1, -0.05) is 47.3 Å². The van der Waals surface area contributed by atoms with Crippen molar-refractivity contribution in [3.8, 4) is 5.75 Å². The molecule has 1 aliphatic rings. The van der Waals surface area contributed by atoms with Crippen molar-refractivity contribution in [1.29, 1.82) is 0 Å². The zero-order chi connectivity index (χ0) is 24.8. The number of H-pyrrole nitrogens is 2. The molecule has 2 N–H and O–H groups in total. The van der Waals surface area contributed by atoms with Crippen LogP contribution in [-0.2, 0) is 0 Å². The molecule has 185 valence electrons. The van der Waals surface area contributed by atoms with Crippen LogP contribution in [0.25, 0.3) is 43.6 Å². The molecule has 0 aliphatic carbocycles. The summed E-state index contributed by atoms with van der Waals surface area (Å²) in [6.07, 6.45) is 1.21. The van der Waals surface area contributed by atoms with E-state index in [2.05, 4.69) is 106 Å². The molecule has 5 aromatic rings. The fourth-order valence-electron chi connectivity index (χ4n) is 5.63. The number of fused-ring (bicyclic) bond motifs is 6. The molecule has 1 fully saturated rings.